The van der Waals surface area contributed by atoms with Crippen LogP contribution in [-0.4, -0.2) is 52.9 Å². The van der Waals surface area contributed by atoms with Gasteiger partial charge in [0.05, 0.1) is 19.9 Å². The molecular formula is C18H32N4O3S. The third kappa shape index (κ3) is 8.53. The van der Waals surface area contributed by atoms with Crippen molar-refractivity contribution >= 4 is 16.0 Å². The third-order valence-corrected chi connectivity index (χ3v) is 4.48. The van der Waals surface area contributed by atoms with Gasteiger partial charge in [0.15, 0.2) is 5.96 Å². The molecule has 0 amide bonds. The average molecular weight is 385 g/mol. The van der Waals surface area contributed by atoms with Crippen molar-refractivity contribution in [2.24, 2.45) is 4.99 Å². The fourth-order valence-electron chi connectivity index (χ4n) is 2.57. The fraction of sp³-hybridized carbons (Fsp3) is 0.611. The van der Waals surface area contributed by atoms with Gasteiger partial charge in [-0.15, -0.1) is 0 Å². The minimum atomic E-state index is -3.28. The molecule has 3 N–H and O–H groups in total. The standard InChI is InChI=1S/C18H32N4O3S/c1-7-19-17(21-13-18(3,4)22-26(6,23)24)20-11-10-15-12-14(2)8-9-16(15)25-5/h8-9,12,22H,7,10-11,13H2,1-6H3,(H2,19,20,21). The highest BCUT2D eigenvalue weighted by molar-refractivity contribution is 7.88. The molecule has 7 nitrogen and oxygen atoms in total. The van der Waals surface area contributed by atoms with Crippen molar-refractivity contribution < 1.29 is 13.2 Å². The predicted molar refractivity (Wildman–Crippen MR) is 107 cm³/mol. The molecule has 0 unspecified atom stereocenters. The quantitative estimate of drug-likeness (QED) is 0.442. The number of aryl methyl sites for hydroxylation is 1. The zero-order chi connectivity index (χ0) is 19.8. The maximum Gasteiger partial charge on any atom is 0.209 e. The monoisotopic (exact) mass is 384 g/mol. The van der Waals surface area contributed by atoms with E-state index in [0.717, 1.165) is 30.5 Å². The first-order valence-corrected chi connectivity index (χ1v) is 10.6. The topological polar surface area (TPSA) is 91.8 Å². The Hall–Kier alpha value is -1.80. The molecule has 1 aromatic carbocycles. The summed E-state index contributed by atoms with van der Waals surface area (Å²) in [6, 6.07) is 6.12. The molecule has 0 radical (unpaired) electrons. The molecule has 8 heteroatoms. The molecule has 0 aliphatic heterocycles. The van der Waals surface area contributed by atoms with Crippen molar-refractivity contribution in [3.63, 3.8) is 0 Å². The van der Waals surface area contributed by atoms with Crippen LogP contribution in [0.5, 0.6) is 5.75 Å². The van der Waals surface area contributed by atoms with Crippen molar-refractivity contribution in [1.29, 1.82) is 0 Å². The minimum Gasteiger partial charge on any atom is -0.496 e. The number of nitrogens with one attached hydrogen (secondary N) is 3. The Morgan fingerprint density at radius 1 is 1.27 bits per heavy atom. The number of hydrogen-bond donors (Lipinski definition) is 3. The Morgan fingerprint density at radius 2 is 1.96 bits per heavy atom. The summed E-state index contributed by atoms with van der Waals surface area (Å²) in [5, 5.41) is 6.46. The van der Waals surface area contributed by atoms with Crippen LogP contribution in [0.2, 0.25) is 0 Å². The number of guanidine groups is 1. The van der Waals surface area contributed by atoms with Crippen LogP contribution in [0.4, 0.5) is 0 Å². The summed E-state index contributed by atoms with van der Waals surface area (Å²) in [5.74, 6) is 1.53. The molecule has 148 valence electrons. The Morgan fingerprint density at radius 3 is 2.54 bits per heavy atom. The van der Waals surface area contributed by atoms with E-state index in [4.69, 9.17) is 4.74 Å². The van der Waals surface area contributed by atoms with E-state index in [0.29, 0.717) is 19.0 Å². The van der Waals surface area contributed by atoms with Crippen LogP contribution in [-0.2, 0) is 16.4 Å². The number of nitrogens with zero attached hydrogens (tertiary/aromatic N) is 1. The van der Waals surface area contributed by atoms with Crippen molar-refractivity contribution in [2.45, 2.75) is 39.7 Å². The largest absolute Gasteiger partial charge is 0.496 e. The fourth-order valence-corrected chi connectivity index (χ4v) is 3.64. The smallest absolute Gasteiger partial charge is 0.209 e. The number of benzene rings is 1. The SMILES string of the molecule is CCNC(=NCC(C)(C)NS(C)(=O)=O)NCCc1cc(C)ccc1OC. The van der Waals surface area contributed by atoms with E-state index in [1.54, 1.807) is 21.0 Å². The molecule has 0 fully saturated rings. The Labute approximate surface area is 157 Å². The minimum absolute atomic E-state index is 0.323. The van der Waals surface area contributed by atoms with Gasteiger partial charge in [-0.1, -0.05) is 17.7 Å². The van der Waals surface area contributed by atoms with Crippen LogP contribution in [0.3, 0.4) is 0 Å². The van der Waals surface area contributed by atoms with Crippen LogP contribution in [0.15, 0.2) is 23.2 Å². The summed E-state index contributed by atoms with van der Waals surface area (Å²) in [7, 11) is -1.61. The number of methoxy groups -OCH3 is 1. The second kappa shape index (κ2) is 9.78. The molecule has 1 rings (SSSR count). The van der Waals surface area contributed by atoms with Crippen LogP contribution in [0.1, 0.15) is 31.9 Å². The van der Waals surface area contributed by atoms with Crippen LogP contribution in [0.25, 0.3) is 0 Å². The Bertz CT molecular complexity index is 715. The summed E-state index contributed by atoms with van der Waals surface area (Å²) in [5.41, 5.74) is 1.67. The van der Waals surface area contributed by atoms with Crippen LogP contribution < -0.4 is 20.1 Å². The van der Waals surface area contributed by atoms with E-state index in [2.05, 4.69) is 33.3 Å². The van der Waals surface area contributed by atoms with Crippen molar-refractivity contribution in [1.82, 2.24) is 15.4 Å². The number of sulfonamides is 1. The van der Waals surface area contributed by atoms with Gasteiger partial charge in [0, 0.05) is 18.6 Å². The first-order chi connectivity index (χ1) is 12.1. The van der Waals surface area contributed by atoms with Crippen LogP contribution >= 0.6 is 0 Å². The molecule has 0 aliphatic carbocycles. The molecule has 0 saturated carbocycles. The third-order valence-electron chi connectivity index (χ3n) is 3.56. The first kappa shape index (κ1) is 22.2. The highest BCUT2D eigenvalue weighted by Gasteiger charge is 2.21. The van der Waals surface area contributed by atoms with E-state index < -0.39 is 15.6 Å². The highest BCUT2D eigenvalue weighted by atomic mass is 32.2. The van der Waals surface area contributed by atoms with E-state index in [9.17, 15) is 8.42 Å². The van der Waals surface area contributed by atoms with Crippen LogP contribution in [0, 0.1) is 6.92 Å². The molecule has 0 aromatic heterocycles. The molecule has 26 heavy (non-hydrogen) atoms. The first-order valence-electron chi connectivity index (χ1n) is 8.71. The lowest BCUT2D eigenvalue weighted by Gasteiger charge is -2.23. The van der Waals surface area contributed by atoms with Gasteiger partial charge in [-0.3, -0.25) is 4.99 Å². The zero-order valence-corrected chi connectivity index (χ0v) is 17.5. The Kier molecular flexibility index (Phi) is 8.36. The van der Waals surface area contributed by atoms with Gasteiger partial charge in [0.25, 0.3) is 0 Å². The van der Waals surface area contributed by atoms with Gasteiger partial charge in [0.1, 0.15) is 5.75 Å². The summed E-state index contributed by atoms with van der Waals surface area (Å²) in [4.78, 5) is 4.50. The lowest BCUT2D eigenvalue weighted by Crippen LogP contribution is -2.47. The Balaban J connectivity index is 2.69. The summed E-state index contributed by atoms with van der Waals surface area (Å²) in [6.07, 6.45) is 1.94. The maximum absolute atomic E-state index is 11.4. The molecular weight excluding hydrogens is 352 g/mol. The second-order valence-electron chi connectivity index (χ2n) is 6.95. The summed E-state index contributed by atoms with van der Waals surface area (Å²) < 4.78 is 30.9. The van der Waals surface area contributed by atoms with Gasteiger partial charge >= 0.3 is 0 Å². The van der Waals surface area contributed by atoms with Gasteiger partial charge in [0.2, 0.25) is 10.0 Å². The van der Waals surface area contributed by atoms with E-state index in [1.807, 2.05) is 19.1 Å². The zero-order valence-electron chi connectivity index (χ0n) is 16.6. The molecule has 0 aliphatic rings. The molecule has 0 saturated heterocycles. The van der Waals surface area contributed by atoms with Crippen molar-refractivity contribution in [3.8, 4) is 5.75 Å². The lowest BCUT2D eigenvalue weighted by atomic mass is 10.1. The predicted octanol–water partition coefficient (Wildman–Crippen LogP) is 1.43. The van der Waals surface area contributed by atoms with Gasteiger partial charge in [-0.2, -0.15) is 0 Å². The number of hydrogen-bond acceptors (Lipinski definition) is 4. The average Bonchev–Trinajstić information content (AvgIpc) is 2.50. The molecule has 0 heterocycles. The van der Waals surface area contributed by atoms with Gasteiger partial charge in [-0.05, 0) is 45.7 Å². The van der Waals surface area contributed by atoms with E-state index in [-0.39, 0.29) is 0 Å². The molecule has 1 aromatic rings. The highest BCUT2D eigenvalue weighted by Crippen LogP contribution is 2.19. The molecule has 0 bridgehead atoms. The maximum atomic E-state index is 11.4. The van der Waals surface area contributed by atoms with Gasteiger partial charge < -0.3 is 15.4 Å². The molecule has 0 spiro atoms. The van der Waals surface area contributed by atoms with Crippen molar-refractivity contribution in [3.05, 3.63) is 29.3 Å². The molecule has 0 atom stereocenters. The number of aliphatic imine (C=N–C) groups is 1. The second-order valence-corrected chi connectivity index (χ2v) is 8.69. The van der Waals surface area contributed by atoms with Crippen molar-refractivity contribution in [2.75, 3.05) is 33.0 Å². The van der Waals surface area contributed by atoms with E-state index in [1.165, 1.54) is 5.56 Å². The number of rotatable bonds is 9. The summed E-state index contributed by atoms with van der Waals surface area (Å²) >= 11 is 0. The normalized spacial score (nSPS) is 12.8. The number of ether oxygens (including phenoxy) is 1. The van der Waals surface area contributed by atoms with Gasteiger partial charge in [-0.25, -0.2) is 13.1 Å². The summed E-state index contributed by atoms with van der Waals surface area (Å²) in [6.45, 7) is 9.38. The lowest BCUT2D eigenvalue weighted by molar-refractivity contribution is 0.409. The van der Waals surface area contributed by atoms with E-state index >= 15 is 0 Å².